The Hall–Kier alpha value is -2.39. The molecule has 1 aromatic carbocycles. The van der Waals surface area contributed by atoms with Crippen LogP contribution in [0.15, 0.2) is 18.2 Å². The maximum atomic E-state index is 12.7. The molecular weight excluding hydrogens is 386 g/mol. The van der Waals surface area contributed by atoms with E-state index >= 15 is 0 Å². The van der Waals surface area contributed by atoms with Gasteiger partial charge in [-0.15, -0.1) is 12.4 Å². The van der Waals surface area contributed by atoms with Gasteiger partial charge < -0.3 is 20.0 Å². The summed E-state index contributed by atoms with van der Waals surface area (Å²) < 4.78 is 0. The Bertz CT molecular complexity index is 745. The summed E-state index contributed by atoms with van der Waals surface area (Å²) >= 11 is 0. The largest absolute Gasteiger partial charge is 0.362 e. The predicted octanol–water partition coefficient (Wildman–Crippen LogP) is 1.12. The first kappa shape index (κ1) is 21.9. The zero-order valence-electron chi connectivity index (χ0n) is 16.1. The molecule has 0 saturated carbocycles. The third kappa shape index (κ3) is 4.53. The normalized spacial score (nSPS) is 19.1. The van der Waals surface area contributed by atoms with Crippen LogP contribution in [-0.4, -0.2) is 78.9 Å². The van der Waals surface area contributed by atoms with Crippen LogP contribution in [0.1, 0.15) is 23.7 Å². The number of nitro groups is 1. The molecule has 0 aromatic heterocycles. The van der Waals surface area contributed by atoms with Crippen molar-refractivity contribution >= 4 is 35.6 Å². The van der Waals surface area contributed by atoms with Crippen LogP contribution in [0.5, 0.6) is 0 Å². The molecular formula is C18H26ClN5O4. The second-order valence-electron chi connectivity index (χ2n) is 7.02. The molecule has 2 heterocycles. The Morgan fingerprint density at radius 2 is 1.93 bits per heavy atom. The van der Waals surface area contributed by atoms with Crippen LogP contribution in [0.4, 0.5) is 11.4 Å². The first-order chi connectivity index (χ1) is 12.9. The van der Waals surface area contributed by atoms with E-state index in [9.17, 15) is 19.7 Å². The lowest BCUT2D eigenvalue weighted by molar-refractivity contribution is -0.384. The van der Waals surface area contributed by atoms with Crippen LogP contribution in [0.25, 0.3) is 0 Å². The molecule has 2 saturated heterocycles. The van der Waals surface area contributed by atoms with E-state index in [1.165, 1.54) is 13.0 Å². The highest BCUT2D eigenvalue weighted by molar-refractivity contribution is 5.96. The highest BCUT2D eigenvalue weighted by Crippen LogP contribution is 2.30. The molecule has 2 aliphatic rings. The first-order valence-electron chi connectivity index (χ1n) is 9.15. The van der Waals surface area contributed by atoms with Gasteiger partial charge in [-0.2, -0.15) is 0 Å². The van der Waals surface area contributed by atoms with Crippen LogP contribution in [0.2, 0.25) is 0 Å². The minimum absolute atomic E-state index is 0. The lowest BCUT2D eigenvalue weighted by atomic mass is 10.1. The van der Waals surface area contributed by atoms with E-state index in [2.05, 4.69) is 5.32 Å². The molecule has 1 N–H and O–H groups in total. The van der Waals surface area contributed by atoms with Gasteiger partial charge in [0.1, 0.15) is 5.69 Å². The topological polar surface area (TPSA) is 99.0 Å². The first-order valence-corrected chi connectivity index (χ1v) is 9.15. The Morgan fingerprint density at radius 3 is 2.46 bits per heavy atom. The molecule has 0 aliphatic carbocycles. The van der Waals surface area contributed by atoms with E-state index < -0.39 is 4.92 Å². The zero-order chi connectivity index (χ0) is 19.6. The van der Waals surface area contributed by atoms with Gasteiger partial charge in [0.15, 0.2) is 0 Å². The zero-order valence-corrected chi connectivity index (χ0v) is 16.9. The fourth-order valence-corrected chi connectivity index (χ4v) is 3.67. The van der Waals surface area contributed by atoms with Gasteiger partial charge in [-0.25, -0.2) is 0 Å². The lowest BCUT2D eigenvalue weighted by Gasteiger charge is -2.35. The van der Waals surface area contributed by atoms with Crippen molar-refractivity contribution in [3.63, 3.8) is 0 Å². The average molecular weight is 412 g/mol. The molecule has 154 valence electrons. The number of nitrogens with zero attached hydrogens (tertiary/aromatic N) is 4. The summed E-state index contributed by atoms with van der Waals surface area (Å²) in [6, 6.07) is 4.78. The molecule has 9 nitrogen and oxygen atoms in total. The third-order valence-corrected chi connectivity index (χ3v) is 5.39. The second kappa shape index (κ2) is 9.20. The number of amides is 2. The van der Waals surface area contributed by atoms with E-state index in [0.717, 1.165) is 19.5 Å². The van der Waals surface area contributed by atoms with Crippen LogP contribution in [0, 0.1) is 10.1 Å². The number of nitro benzene ring substituents is 1. The highest BCUT2D eigenvalue weighted by Gasteiger charge is 2.28. The molecule has 10 heteroatoms. The van der Waals surface area contributed by atoms with Crippen LogP contribution < -0.4 is 10.2 Å². The smallest absolute Gasteiger partial charge is 0.293 e. The van der Waals surface area contributed by atoms with Crippen molar-refractivity contribution in [2.45, 2.75) is 19.4 Å². The number of likely N-dealkylation sites (N-methyl/N-ethyl adjacent to an activating group) is 1. The fourth-order valence-electron chi connectivity index (χ4n) is 3.67. The summed E-state index contributed by atoms with van der Waals surface area (Å²) in [5.41, 5.74) is 0.738. The number of hydrogen-bond donors (Lipinski definition) is 1. The minimum Gasteiger partial charge on any atom is -0.362 e. The number of carbonyl (C=O) groups is 2. The summed E-state index contributed by atoms with van der Waals surface area (Å²) in [7, 11) is 1.74. The summed E-state index contributed by atoms with van der Waals surface area (Å²) in [4.78, 5) is 40.6. The highest BCUT2D eigenvalue weighted by atomic mass is 35.5. The van der Waals surface area contributed by atoms with E-state index in [0.29, 0.717) is 37.4 Å². The van der Waals surface area contributed by atoms with Crippen molar-refractivity contribution < 1.29 is 14.5 Å². The van der Waals surface area contributed by atoms with Crippen molar-refractivity contribution in [3.05, 3.63) is 33.9 Å². The number of piperazine rings is 1. The Balaban J connectivity index is 0.00000280. The average Bonchev–Trinajstić information content (AvgIpc) is 3.21. The maximum Gasteiger partial charge on any atom is 0.293 e. The molecule has 28 heavy (non-hydrogen) atoms. The molecule has 3 rings (SSSR count). The van der Waals surface area contributed by atoms with Gasteiger partial charge in [-0.1, -0.05) is 0 Å². The maximum absolute atomic E-state index is 12.7. The van der Waals surface area contributed by atoms with E-state index in [1.807, 2.05) is 4.90 Å². The van der Waals surface area contributed by atoms with Crippen molar-refractivity contribution in [3.8, 4) is 0 Å². The SMILES string of the molecule is CC(=O)N1CCN(c2ccc(C(=O)N(C)C3CCNC3)cc2[N+](=O)[O-])CC1.Cl. The summed E-state index contributed by atoms with van der Waals surface area (Å²) in [6.45, 7) is 5.25. The molecule has 0 spiro atoms. The van der Waals surface area contributed by atoms with Crippen LogP contribution in [0.3, 0.4) is 0 Å². The quantitative estimate of drug-likeness (QED) is 0.588. The van der Waals surface area contributed by atoms with E-state index in [-0.39, 0.29) is 36.0 Å². The molecule has 1 atom stereocenters. The second-order valence-corrected chi connectivity index (χ2v) is 7.02. The Morgan fingerprint density at radius 1 is 1.25 bits per heavy atom. The van der Waals surface area contributed by atoms with E-state index in [1.54, 1.807) is 29.0 Å². The van der Waals surface area contributed by atoms with Gasteiger partial charge in [0, 0.05) is 64.4 Å². The van der Waals surface area contributed by atoms with Gasteiger partial charge in [0.05, 0.1) is 4.92 Å². The van der Waals surface area contributed by atoms with Crippen LogP contribution in [-0.2, 0) is 4.79 Å². The summed E-state index contributed by atoms with van der Waals surface area (Å²) in [6.07, 6.45) is 0.878. The standard InChI is InChI=1S/C18H25N5O4.ClH/c1-13(24)21-7-9-22(10-8-21)16-4-3-14(11-17(16)23(26)27)18(25)20(2)15-5-6-19-12-15;/h3-4,11,15,19H,5-10,12H2,1-2H3;1H. The number of nitrogens with one attached hydrogen (secondary N) is 1. The Labute approximate surface area is 170 Å². The molecule has 0 radical (unpaired) electrons. The number of halogens is 1. The molecule has 1 aromatic rings. The number of carbonyl (C=O) groups excluding carboxylic acids is 2. The summed E-state index contributed by atoms with van der Waals surface area (Å²) in [5.74, 6) is -0.200. The number of benzene rings is 1. The molecule has 0 bridgehead atoms. The van der Waals surface area contributed by atoms with Gasteiger partial charge in [0.25, 0.3) is 11.6 Å². The monoisotopic (exact) mass is 411 g/mol. The number of rotatable bonds is 4. The van der Waals surface area contributed by atoms with E-state index in [4.69, 9.17) is 0 Å². The number of anilines is 1. The molecule has 2 fully saturated rings. The predicted molar refractivity (Wildman–Crippen MR) is 108 cm³/mol. The minimum atomic E-state index is -0.444. The molecule has 2 amide bonds. The van der Waals surface area contributed by atoms with Crippen molar-refractivity contribution in [1.82, 2.24) is 15.1 Å². The third-order valence-electron chi connectivity index (χ3n) is 5.39. The van der Waals surface area contributed by atoms with Crippen molar-refractivity contribution in [2.24, 2.45) is 0 Å². The molecule has 1 unspecified atom stereocenters. The van der Waals surface area contributed by atoms with Gasteiger partial charge in [-0.05, 0) is 25.1 Å². The van der Waals surface area contributed by atoms with Crippen LogP contribution >= 0.6 is 12.4 Å². The fraction of sp³-hybridized carbons (Fsp3) is 0.556. The van der Waals surface area contributed by atoms with Crippen molar-refractivity contribution in [2.75, 3.05) is 51.2 Å². The Kier molecular flexibility index (Phi) is 7.20. The van der Waals surface area contributed by atoms with Crippen molar-refractivity contribution in [1.29, 1.82) is 0 Å². The van der Waals surface area contributed by atoms with Gasteiger partial charge in [0.2, 0.25) is 5.91 Å². The summed E-state index contributed by atoms with van der Waals surface area (Å²) in [5, 5.41) is 14.8. The van der Waals surface area contributed by atoms with Gasteiger partial charge >= 0.3 is 0 Å². The lowest BCUT2D eigenvalue weighted by Crippen LogP contribution is -2.48. The van der Waals surface area contributed by atoms with Gasteiger partial charge in [-0.3, -0.25) is 19.7 Å². The molecule has 2 aliphatic heterocycles. The number of hydrogen-bond acceptors (Lipinski definition) is 6.